The van der Waals surface area contributed by atoms with Crippen LogP contribution in [0.1, 0.15) is 18.4 Å². The van der Waals surface area contributed by atoms with E-state index in [1.165, 1.54) is 24.3 Å². The molecule has 110 valence electrons. The quantitative estimate of drug-likeness (QED) is 0.898. The van der Waals surface area contributed by atoms with Crippen molar-refractivity contribution in [3.63, 3.8) is 0 Å². The summed E-state index contributed by atoms with van der Waals surface area (Å²) in [5, 5.41) is 12.4. The van der Waals surface area contributed by atoms with E-state index >= 15 is 0 Å². The minimum absolute atomic E-state index is 0.188. The molecular formula is C14H16F3NO2. The Bertz CT molecular complexity index is 469. The van der Waals surface area contributed by atoms with Crippen LogP contribution in [-0.2, 0) is 10.2 Å². The molecule has 20 heavy (non-hydrogen) atoms. The number of alkyl halides is 3. The van der Waals surface area contributed by atoms with Crippen LogP contribution in [0.5, 0.6) is 0 Å². The third-order valence-corrected chi connectivity index (χ3v) is 3.97. The average Bonchev–Trinajstić information content (AvgIpc) is 2.40. The van der Waals surface area contributed by atoms with Gasteiger partial charge in [-0.3, -0.25) is 4.79 Å². The van der Waals surface area contributed by atoms with Gasteiger partial charge >= 0.3 is 12.1 Å². The molecule has 1 atom stereocenters. The molecule has 1 aromatic carbocycles. The van der Waals surface area contributed by atoms with Crippen LogP contribution in [0.25, 0.3) is 0 Å². The molecule has 0 amide bonds. The molecule has 1 aromatic rings. The number of carboxylic acid groups (broad SMARTS) is 1. The standard InChI is InChI=1S/C14H16F3NO2/c15-14(16,17)13(12(19)20,10-4-2-1-3-5-10)11-6-8-18-9-7-11/h1-5,11,18H,6-9H2,(H,19,20). The molecule has 3 nitrogen and oxygen atoms in total. The number of hydrogen-bond donors (Lipinski definition) is 2. The van der Waals surface area contributed by atoms with Crippen LogP contribution in [0.2, 0.25) is 0 Å². The minimum atomic E-state index is -4.83. The van der Waals surface area contributed by atoms with Crippen molar-refractivity contribution in [2.75, 3.05) is 13.1 Å². The molecule has 1 aliphatic rings. The van der Waals surface area contributed by atoms with Gasteiger partial charge in [0.15, 0.2) is 5.41 Å². The first kappa shape index (κ1) is 14.8. The lowest BCUT2D eigenvalue weighted by atomic mass is 9.66. The van der Waals surface area contributed by atoms with Crippen molar-refractivity contribution < 1.29 is 23.1 Å². The molecule has 0 aliphatic carbocycles. The Labute approximate surface area is 114 Å². The van der Waals surface area contributed by atoms with E-state index < -0.39 is 23.5 Å². The molecule has 1 aliphatic heterocycles. The highest BCUT2D eigenvalue weighted by Crippen LogP contribution is 2.49. The van der Waals surface area contributed by atoms with Crippen LogP contribution in [0.3, 0.4) is 0 Å². The monoisotopic (exact) mass is 287 g/mol. The van der Waals surface area contributed by atoms with Gasteiger partial charge in [0.05, 0.1) is 0 Å². The number of carboxylic acids is 1. The zero-order valence-electron chi connectivity index (χ0n) is 10.8. The Kier molecular flexibility index (Phi) is 4.04. The molecule has 6 heteroatoms. The van der Waals surface area contributed by atoms with Crippen LogP contribution < -0.4 is 5.32 Å². The van der Waals surface area contributed by atoms with Crippen molar-refractivity contribution in [1.29, 1.82) is 0 Å². The molecule has 1 heterocycles. The highest BCUT2D eigenvalue weighted by Gasteiger charge is 2.65. The zero-order chi connectivity index (χ0) is 14.8. The molecule has 1 saturated heterocycles. The summed E-state index contributed by atoms with van der Waals surface area (Å²) in [6.07, 6.45) is -4.44. The van der Waals surface area contributed by atoms with Gasteiger partial charge in [0.25, 0.3) is 0 Å². The smallest absolute Gasteiger partial charge is 0.409 e. The lowest BCUT2D eigenvalue weighted by Crippen LogP contribution is -2.56. The van der Waals surface area contributed by atoms with Gasteiger partial charge in [-0.2, -0.15) is 13.2 Å². The van der Waals surface area contributed by atoms with Gasteiger partial charge in [-0.1, -0.05) is 30.3 Å². The zero-order valence-corrected chi connectivity index (χ0v) is 10.8. The summed E-state index contributed by atoms with van der Waals surface area (Å²) in [4.78, 5) is 11.6. The van der Waals surface area contributed by atoms with Crippen molar-refractivity contribution in [3.8, 4) is 0 Å². The summed E-state index contributed by atoms with van der Waals surface area (Å²) < 4.78 is 41.1. The van der Waals surface area contributed by atoms with Crippen molar-refractivity contribution in [1.82, 2.24) is 5.32 Å². The maximum absolute atomic E-state index is 13.7. The van der Waals surface area contributed by atoms with E-state index in [4.69, 9.17) is 0 Å². The van der Waals surface area contributed by atoms with Crippen LogP contribution in [-0.4, -0.2) is 30.3 Å². The van der Waals surface area contributed by atoms with Crippen molar-refractivity contribution in [3.05, 3.63) is 35.9 Å². The fraction of sp³-hybridized carbons (Fsp3) is 0.500. The molecule has 2 rings (SSSR count). The second-order valence-corrected chi connectivity index (χ2v) is 5.00. The highest BCUT2D eigenvalue weighted by atomic mass is 19.4. The molecule has 1 fully saturated rings. The molecule has 2 N–H and O–H groups in total. The summed E-state index contributed by atoms with van der Waals surface area (Å²) in [5.41, 5.74) is -3.01. The van der Waals surface area contributed by atoms with E-state index in [1.54, 1.807) is 6.07 Å². The Morgan fingerprint density at radius 1 is 1.15 bits per heavy atom. The SMILES string of the molecule is O=C(O)C(c1ccccc1)(C1CCNCC1)C(F)(F)F. The maximum Gasteiger partial charge on any atom is 0.409 e. The molecular weight excluding hydrogens is 271 g/mol. The normalized spacial score (nSPS) is 20.4. The van der Waals surface area contributed by atoms with Crippen LogP contribution >= 0.6 is 0 Å². The fourth-order valence-corrected chi connectivity index (χ4v) is 3.01. The number of nitrogens with one attached hydrogen (secondary N) is 1. The average molecular weight is 287 g/mol. The number of benzene rings is 1. The first-order chi connectivity index (χ1) is 9.40. The van der Waals surface area contributed by atoms with Crippen molar-refractivity contribution in [2.24, 2.45) is 5.92 Å². The number of rotatable bonds is 3. The van der Waals surface area contributed by atoms with Gasteiger partial charge in [0.1, 0.15) is 0 Å². The Balaban J connectivity index is 2.59. The predicted octanol–water partition coefficient (Wildman–Crippen LogP) is 2.57. The summed E-state index contributed by atoms with van der Waals surface area (Å²) in [7, 11) is 0. The van der Waals surface area contributed by atoms with Gasteiger partial charge in [-0.05, 0) is 37.4 Å². The Morgan fingerprint density at radius 3 is 2.15 bits per heavy atom. The second-order valence-electron chi connectivity index (χ2n) is 5.00. The summed E-state index contributed by atoms with van der Waals surface area (Å²) in [6.45, 7) is 0.811. The molecule has 1 unspecified atom stereocenters. The summed E-state index contributed by atoms with van der Waals surface area (Å²) in [6, 6.07) is 6.97. The van der Waals surface area contributed by atoms with Crippen molar-refractivity contribution in [2.45, 2.75) is 24.4 Å². The number of piperidine rings is 1. The molecule has 0 radical (unpaired) electrons. The van der Waals surface area contributed by atoms with Crippen LogP contribution in [0.15, 0.2) is 30.3 Å². The predicted molar refractivity (Wildman–Crippen MR) is 67.4 cm³/mol. The van der Waals surface area contributed by atoms with Crippen molar-refractivity contribution >= 4 is 5.97 Å². The van der Waals surface area contributed by atoms with E-state index in [-0.39, 0.29) is 18.4 Å². The van der Waals surface area contributed by atoms with E-state index in [9.17, 15) is 23.1 Å². The fourth-order valence-electron chi connectivity index (χ4n) is 3.01. The Hall–Kier alpha value is -1.56. The van der Waals surface area contributed by atoms with Gasteiger partial charge in [0, 0.05) is 0 Å². The maximum atomic E-state index is 13.7. The largest absolute Gasteiger partial charge is 0.480 e. The first-order valence-corrected chi connectivity index (χ1v) is 6.47. The minimum Gasteiger partial charge on any atom is -0.480 e. The highest BCUT2D eigenvalue weighted by molar-refractivity contribution is 5.83. The first-order valence-electron chi connectivity index (χ1n) is 6.47. The summed E-state index contributed by atoms with van der Waals surface area (Å²) in [5.74, 6) is -2.77. The van der Waals surface area contributed by atoms with Gasteiger partial charge in [0.2, 0.25) is 0 Å². The lowest BCUT2D eigenvalue weighted by molar-refractivity contribution is -0.219. The summed E-state index contributed by atoms with van der Waals surface area (Å²) >= 11 is 0. The van der Waals surface area contributed by atoms with E-state index in [1.807, 2.05) is 0 Å². The third-order valence-electron chi connectivity index (χ3n) is 3.97. The second kappa shape index (κ2) is 5.44. The number of hydrogen-bond acceptors (Lipinski definition) is 2. The van der Waals surface area contributed by atoms with Gasteiger partial charge in [-0.25, -0.2) is 0 Å². The topological polar surface area (TPSA) is 49.3 Å². The number of carbonyl (C=O) groups is 1. The van der Waals surface area contributed by atoms with Crippen LogP contribution in [0.4, 0.5) is 13.2 Å². The molecule has 0 aromatic heterocycles. The van der Waals surface area contributed by atoms with E-state index in [2.05, 4.69) is 5.32 Å². The van der Waals surface area contributed by atoms with Crippen LogP contribution in [0, 0.1) is 5.92 Å². The number of halogens is 3. The van der Waals surface area contributed by atoms with E-state index in [0.29, 0.717) is 13.1 Å². The van der Waals surface area contributed by atoms with Gasteiger partial charge < -0.3 is 10.4 Å². The lowest BCUT2D eigenvalue weighted by Gasteiger charge is -2.41. The third kappa shape index (κ3) is 2.28. The Morgan fingerprint density at radius 2 is 1.70 bits per heavy atom. The molecule has 0 bridgehead atoms. The number of aliphatic carboxylic acids is 1. The van der Waals surface area contributed by atoms with Gasteiger partial charge in [-0.15, -0.1) is 0 Å². The molecule has 0 saturated carbocycles. The van der Waals surface area contributed by atoms with E-state index in [0.717, 1.165) is 0 Å². The molecule has 0 spiro atoms.